The Morgan fingerprint density at radius 2 is 1.85 bits per heavy atom. The summed E-state index contributed by atoms with van der Waals surface area (Å²) >= 11 is 0. The lowest BCUT2D eigenvalue weighted by atomic mass is 10.1. The van der Waals surface area contributed by atoms with Gasteiger partial charge in [-0.05, 0) is 36.8 Å². The van der Waals surface area contributed by atoms with Gasteiger partial charge in [-0.2, -0.15) is 0 Å². The molecule has 1 heterocycles. The van der Waals surface area contributed by atoms with Crippen molar-refractivity contribution in [2.45, 2.75) is 13.0 Å². The van der Waals surface area contributed by atoms with E-state index in [1.807, 2.05) is 23.6 Å². The number of benzene rings is 2. The highest BCUT2D eigenvalue weighted by molar-refractivity contribution is 5.85. The van der Waals surface area contributed by atoms with Gasteiger partial charge in [0.15, 0.2) is 0 Å². The van der Waals surface area contributed by atoms with E-state index in [2.05, 4.69) is 4.98 Å². The third-order valence-electron chi connectivity index (χ3n) is 3.33. The van der Waals surface area contributed by atoms with Crippen LogP contribution in [0.3, 0.4) is 0 Å². The number of hydrogen-bond acceptors (Lipinski definition) is 2. The summed E-state index contributed by atoms with van der Waals surface area (Å²) in [5.74, 6) is -0.0384. The van der Waals surface area contributed by atoms with Crippen LogP contribution in [0.4, 0.5) is 4.39 Å². The first-order valence-corrected chi connectivity index (χ1v) is 6.06. The summed E-state index contributed by atoms with van der Waals surface area (Å²) in [7, 11) is 0. The number of hydrogen-bond donors (Lipinski definition) is 1. The lowest BCUT2D eigenvalue weighted by Crippen LogP contribution is -2.05. The molecule has 0 radical (unpaired) electrons. The maximum absolute atomic E-state index is 13.1. The molecule has 1 unspecified atom stereocenters. The van der Waals surface area contributed by atoms with Gasteiger partial charge in [0, 0.05) is 6.07 Å². The van der Waals surface area contributed by atoms with Gasteiger partial charge in [0.1, 0.15) is 11.6 Å². The predicted octanol–water partition coefficient (Wildman–Crippen LogP) is 3.91. The van der Waals surface area contributed by atoms with Gasteiger partial charge in [-0.3, -0.25) is 0 Å². The summed E-state index contributed by atoms with van der Waals surface area (Å²) in [6.07, 6.45) is 1.71. The zero-order valence-electron chi connectivity index (χ0n) is 10.8. The number of imidazole rings is 1. The Morgan fingerprint density at radius 3 is 2.55 bits per heavy atom. The minimum Gasteiger partial charge on any atom is -0.508 e. The molecule has 1 atom stereocenters. The number of rotatable bonds is 2. The van der Waals surface area contributed by atoms with E-state index in [-0.39, 0.29) is 30.0 Å². The van der Waals surface area contributed by atoms with Gasteiger partial charge in [0.2, 0.25) is 0 Å². The van der Waals surface area contributed by atoms with Gasteiger partial charge in [-0.15, -0.1) is 12.4 Å². The standard InChI is InChI=1S/C15H13FN2O.ClH/c1-10(11-2-5-13(19)6-3-11)18-9-17-14-8-12(16)4-7-15(14)18;/h2-10,19H,1H3;1H. The summed E-state index contributed by atoms with van der Waals surface area (Å²) in [5, 5.41) is 9.31. The van der Waals surface area contributed by atoms with Crippen LogP contribution in [0, 0.1) is 5.82 Å². The highest BCUT2D eigenvalue weighted by atomic mass is 35.5. The molecule has 0 spiro atoms. The third kappa shape index (κ3) is 2.47. The van der Waals surface area contributed by atoms with Crippen LogP contribution in [0.5, 0.6) is 5.75 Å². The topological polar surface area (TPSA) is 38.0 Å². The van der Waals surface area contributed by atoms with Crippen LogP contribution in [0.25, 0.3) is 11.0 Å². The summed E-state index contributed by atoms with van der Waals surface area (Å²) in [6, 6.07) is 11.7. The second-order valence-electron chi connectivity index (χ2n) is 4.55. The quantitative estimate of drug-likeness (QED) is 0.777. The van der Waals surface area contributed by atoms with Gasteiger partial charge in [-0.25, -0.2) is 9.37 Å². The molecule has 0 aliphatic rings. The van der Waals surface area contributed by atoms with Gasteiger partial charge in [0.05, 0.1) is 23.4 Å². The van der Waals surface area contributed by atoms with Crippen LogP contribution in [-0.4, -0.2) is 14.7 Å². The molecule has 0 amide bonds. The molecule has 3 nitrogen and oxygen atoms in total. The Labute approximate surface area is 122 Å². The Kier molecular flexibility index (Phi) is 3.95. The molecule has 2 aromatic carbocycles. The van der Waals surface area contributed by atoms with Crippen LogP contribution in [0.1, 0.15) is 18.5 Å². The van der Waals surface area contributed by atoms with Crippen LogP contribution in [0.15, 0.2) is 48.8 Å². The molecule has 0 bridgehead atoms. The molecule has 0 fully saturated rings. The fraction of sp³-hybridized carbons (Fsp3) is 0.133. The molecule has 20 heavy (non-hydrogen) atoms. The molecule has 3 rings (SSSR count). The first-order chi connectivity index (χ1) is 9.15. The highest BCUT2D eigenvalue weighted by Crippen LogP contribution is 2.24. The van der Waals surface area contributed by atoms with E-state index >= 15 is 0 Å². The number of halogens is 2. The molecule has 0 aliphatic carbocycles. The summed E-state index contributed by atoms with van der Waals surface area (Å²) in [4.78, 5) is 4.22. The maximum Gasteiger partial charge on any atom is 0.125 e. The minimum atomic E-state index is -0.282. The smallest absolute Gasteiger partial charge is 0.125 e. The molecule has 0 saturated carbocycles. The number of phenols is 1. The summed E-state index contributed by atoms with van der Waals surface area (Å²) < 4.78 is 15.1. The van der Waals surface area contributed by atoms with Crippen molar-refractivity contribution in [3.63, 3.8) is 0 Å². The molecular formula is C15H14ClFN2O. The van der Waals surface area contributed by atoms with Crippen molar-refractivity contribution >= 4 is 23.4 Å². The molecule has 3 aromatic rings. The molecule has 1 N–H and O–H groups in total. The molecular weight excluding hydrogens is 279 g/mol. The SMILES string of the molecule is CC(c1ccc(O)cc1)n1cnc2cc(F)ccc21.Cl. The Balaban J connectivity index is 0.00000147. The van der Waals surface area contributed by atoms with E-state index < -0.39 is 0 Å². The maximum atomic E-state index is 13.1. The fourth-order valence-electron chi connectivity index (χ4n) is 2.23. The van der Waals surface area contributed by atoms with E-state index in [0.717, 1.165) is 11.1 Å². The predicted molar refractivity (Wildman–Crippen MR) is 78.9 cm³/mol. The van der Waals surface area contributed by atoms with Crippen molar-refractivity contribution in [3.05, 3.63) is 60.2 Å². The molecule has 5 heteroatoms. The highest BCUT2D eigenvalue weighted by Gasteiger charge is 2.11. The molecule has 0 saturated heterocycles. The first kappa shape index (κ1) is 14.3. The fourth-order valence-corrected chi connectivity index (χ4v) is 2.23. The minimum absolute atomic E-state index is 0. The number of fused-ring (bicyclic) bond motifs is 1. The Hall–Kier alpha value is -2.07. The average Bonchev–Trinajstić information content (AvgIpc) is 2.81. The van der Waals surface area contributed by atoms with Gasteiger partial charge in [0.25, 0.3) is 0 Å². The summed E-state index contributed by atoms with van der Waals surface area (Å²) in [6.45, 7) is 2.04. The second-order valence-corrected chi connectivity index (χ2v) is 4.55. The summed E-state index contributed by atoms with van der Waals surface area (Å²) in [5.41, 5.74) is 2.59. The lowest BCUT2D eigenvalue weighted by Gasteiger charge is -2.15. The normalized spacial score (nSPS) is 12.1. The van der Waals surface area contributed by atoms with E-state index in [1.54, 1.807) is 24.5 Å². The van der Waals surface area contributed by atoms with Crippen LogP contribution in [-0.2, 0) is 0 Å². The van der Waals surface area contributed by atoms with E-state index in [9.17, 15) is 9.50 Å². The van der Waals surface area contributed by atoms with E-state index in [0.29, 0.717) is 5.52 Å². The van der Waals surface area contributed by atoms with Crippen molar-refractivity contribution in [2.75, 3.05) is 0 Å². The van der Waals surface area contributed by atoms with Gasteiger partial charge >= 0.3 is 0 Å². The number of phenolic OH excluding ortho intramolecular Hbond substituents is 1. The Morgan fingerprint density at radius 1 is 1.15 bits per heavy atom. The average molecular weight is 293 g/mol. The number of aromatic nitrogens is 2. The van der Waals surface area contributed by atoms with Crippen LogP contribution >= 0.6 is 12.4 Å². The molecule has 0 aliphatic heterocycles. The van der Waals surface area contributed by atoms with Crippen molar-refractivity contribution in [1.29, 1.82) is 0 Å². The molecule has 1 aromatic heterocycles. The Bertz CT molecular complexity index is 724. The van der Waals surface area contributed by atoms with Crippen molar-refractivity contribution in [3.8, 4) is 5.75 Å². The van der Waals surface area contributed by atoms with E-state index in [1.165, 1.54) is 12.1 Å². The second kappa shape index (κ2) is 5.51. The lowest BCUT2D eigenvalue weighted by molar-refractivity contribution is 0.474. The van der Waals surface area contributed by atoms with Gasteiger partial charge in [-0.1, -0.05) is 12.1 Å². The zero-order chi connectivity index (χ0) is 13.4. The van der Waals surface area contributed by atoms with Crippen molar-refractivity contribution in [1.82, 2.24) is 9.55 Å². The van der Waals surface area contributed by atoms with Crippen molar-refractivity contribution in [2.24, 2.45) is 0 Å². The van der Waals surface area contributed by atoms with Crippen molar-refractivity contribution < 1.29 is 9.50 Å². The van der Waals surface area contributed by atoms with Crippen LogP contribution < -0.4 is 0 Å². The van der Waals surface area contributed by atoms with E-state index in [4.69, 9.17) is 0 Å². The monoisotopic (exact) mass is 292 g/mol. The zero-order valence-corrected chi connectivity index (χ0v) is 11.6. The van der Waals surface area contributed by atoms with Gasteiger partial charge < -0.3 is 9.67 Å². The molecule has 104 valence electrons. The van der Waals surface area contributed by atoms with Crippen LogP contribution in [0.2, 0.25) is 0 Å². The first-order valence-electron chi connectivity index (χ1n) is 6.06. The third-order valence-corrected chi connectivity index (χ3v) is 3.33. The number of aromatic hydroxyl groups is 1. The number of nitrogens with zero attached hydrogens (tertiary/aromatic N) is 2. The largest absolute Gasteiger partial charge is 0.508 e.